The maximum absolute atomic E-state index is 12.1. The van der Waals surface area contributed by atoms with E-state index in [4.69, 9.17) is 4.74 Å². The lowest BCUT2D eigenvalue weighted by atomic mass is 9.92. The fourth-order valence-corrected chi connectivity index (χ4v) is 2.83. The number of benzene rings is 1. The molecule has 0 aromatic heterocycles. The average Bonchev–Trinajstić information content (AvgIpc) is 2.91. The normalized spacial score (nSPS) is 19.2. The molecule has 0 unspecified atom stereocenters. The van der Waals surface area contributed by atoms with E-state index < -0.39 is 0 Å². The molecule has 0 bridgehead atoms. The molecule has 1 aromatic rings. The molecule has 1 fully saturated rings. The molecule has 18 heavy (non-hydrogen) atoms. The predicted molar refractivity (Wildman–Crippen MR) is 71.1 cm³/mol. The van der Waals surface area contributed by atoms with Gasteiger partial charge in [-0.05, 0) is 55.7 Å². The monoisotopic (exact) mass is 242 g/mol. The van der Waals surface area contributed by atoms with Crippen molar-refractivity contribution in [1.29, 1.82) is 0 Å². The molecular formula is C16H18O2. The van der Waals surface area contributed by atoms with Crippen LogP contribution >= 0.6 is 0 Å². The van der Waals surface area contributed by atoms with Gasteiger partial charge in [-0.25, -0.2) is 4.79 Å². The molecule has 0 amide bonds. The quantitative estimate of drug-likeness (QED) is 0.742. The van der Waals surface area contributed by atoms with Crippen molar-refractivity contribution in [3.63, 3.8) is 0 Å². The summed E-state index contributed by atoms with van der Waals surface area (Å²) in [6.07, 6.45) is 8.38. The molecule has 0 saturated heterocycles. The van der Waals surface area contributed by atoms with Crippen molar-refractivity contribution in [1.82, 2.24) is 0 Å². The van der Waals surface area contributed by atoms with Crippen molar-refractivity contribution in [2.45, 2.75) is 44.6 Å². The first kappa shape index (κ1) is 11.5. The number of fused-ring (bicyclic) bond motifs is 1. The Hall–Kier alpha value is -1.57. The van der Waals surface area contributed by atoms with E-state index in [1.807, 2.05) is 12.1 Å². The molecule has 0 aliphatic heterocycles. The predicted octanol–water partition coefficient (Wildman–Crippen LogP) is 3.50. The first-order valence-corrected chi connectivity index (χ1v) is 6.82. The summed E-state index contributed by atoms with van der Waals surface area (Å²) in [4.78, 5) is 12.1. The largest absolute Gasteiger partial charge is 0.459 e. The van der Waals surface area contributed by atoms with Crippen LogP contribution in [0.2, 0.25) is 0 Å². The van der Waals surface area contributed by atoms with Crippen LogP contribution in [0, 0.1) is 0 Å². The van der Waals surface area contributed by atoms with Gasteiger partial charge in [0.25, 0.3) is 0 Å². The third-order valence-electron chi connectivity index (χ3n) is 3.89. The molecule has 0 N–H and O–H groups in total. The topological polar surface area (TPSA) is 26.3 Å². The molecule has 0 spiro atoms. The van der Waals surface area contributed by atoms with Crippen LogP contribution in [0.4, 0.5) is 0 Å². The van der Waals surface area contributed by atoms with E-state index in [0.29, 0.717) is 0 Å². The van der Waals surface area contributed by atoms with Gasteiger partial charge in [-0.2, -0.15) is 0 Å². The standard InChI is InChI=1S/C16H18O2/c17-16(18-15-7-3-4-8-15)14-10-9-12-5-1-2-6-13(12)11-14/h1-2,5-6,11,15H,3-4,7-10H2. The Labute approximate surface area is 108 Å². The third-order valence-corrected chi connectivity index (χ3v) is 3.89. The highest BCUT2D eigenvalue weighted by Gasteiger charge is 2.23. The molecular weight excluding hydrogens is 224 g/mol. The zero-order chi connectivity index (χ0) is 12.4. The highest BCUT2D eigenvalue weighted by molar-refractivity contribution is 5.94. The van der Waals surface area contributed by atoms with Gasteiger partial charge in [-0.15, -0.1) is 0 Å². The summed E-state index contributed by atoms with van der Waals surface area (Å²) in [5, 5.41) is 0. The highest BCUT2D eigenvalue weighted by atomic mass is 16.5. The van der Waals surface area contributed by atoms with Crippen LogP contribution in [0.3, 0.4) is 0 Å². The van der Waals surface area contributed by atoms with Gasteiger partial charge in [0.15, 0.2) is 0 Å². The van der Waals surface area contributed by atoms with Gasteiger partial charge >= 0.3 is 5.97 Å². The van der Waals surface area contributed by atoms with Crippen LogP contribution in [0.25, 0.3) is 6.08 Å². The first-order valence-electron chi connectivity index (χ1n) is 6.82. The van der Waals surface area contributed by atoms with E-state index in [2.05, 4.69) is 18.2 Å². The lowest BCUT2D eigenvalue weighted by Gasteiger charge is -2.17. The van der Waals surface area contributed by atoms with E-state index in [9.17, 15) is 4.79 Å². The smallest absolute Gasteiger partial charge is 0.334 e. The van der Waals surface area contributed by atoms with Crippen LogP contribution in [0.1, 0.15) is 43.2 Å². The Bertz CT molecular complexity index is 482. The van der Waals surface area contributed by atoms with Crippen molar-refractivity contribution in [2.75, 3.05) is 0 Å². The summed E-state index contributed by atoms with van der Waals surface area (Å²) in [5.74, 6) is -0.101. The molecule has 2 heteroatoms. The number of hydrogen-bond donors (Lipinski definition) is 0. The number of rotatable bonds is 2. The summed E-state index contributed by atoms with van der Waals surface area (Å²) in [6, 6.07) is 8.26. The van der Waals surface area contributed by atoms with Gasteiger partial charge in [-0.1, -0.05) is 24.3 Å². The molecule has 1 aromatic carbocycles. The summed E-state index contributed by atoms with van der Waals surface area (Å²) >= 11 is 0. The minimum atomic E-state index is -0.101. The van der Waals surface area contributed by atoms with Gasteiger partial charge in [-0.3, -0.25) is 0 Å². The SMILES string of the molecule is O=C(OC1CCCC1)C1=Cc2ccccc2CC1. The fourth-order valence-electron chi connectivity index (χ4n) is 2.83. The number of carbonyl (C=O) groups excluding carboxylic acids is 1. The Morgan fingerprint density at radius 3 is 2.72 bits per heavy atom. The minimum absolute atomic E-state index is 0.101. The molecule has 94 valence electrons. The summed E-state index contributed by atoms with van der Waals surface area (Å²) in [7, 11) is 0. The van der Waals surface area contributed by atoms with Crippen molar-refractivity contribution in [2.24, 2.45) is 0 Å². The number of aryl methyl sites for hydroxylation is 1. The van der Waals surface area contributed by atoms with Crippen LogP contribution in [0.15, 0.2) is 29.8 Å². The number of ether oxygens (including phenoxy) is 1. The second kappa shape index (κ2) is 4.97. The highest BCUT2D eigenvalue weighted by Crippen LogP contribution is 2.27. The Morgan fingerprint density at radius 1 is 1.11 bits per heavy atom. The molecule has 3 rings (SSSR count). The van der Waals surface area contributed by atoms with E-state index >= 15 is 0 Å². The van der Waals surface area contributed by atoms with Crippen molar-refractivity contribution < 1.29 is 9.53 Å². The maximum atomic E-state index is 12.1. The molecule has 0 heterocycles. The fraction of sp³-hybridized carbons (Fsp3) is 0.438. The van der Waals surface area contributed by atoms with Crippen LogP contribution in [-0.2, 0) is 16.0 Å². The average molecular weight is 242 g/mol. The Morgan fingerprint density at radius 2 is 1.89 bits per heavy atom. The van der Waals surface area contributed by atoms with E-state index in [1.165, 1.54) is 24.0 Å². The van der Waals surface area contributed by atoms with Crippen molar-refractivity contribution in [3.8, 4) is 0 Å². The van der Waals surface area contributed by atoms with Crippen molar-refractivity contribution in [3.05, 3.63) is 41.0 Å². The summed E-state index contributed by atoms with van der Waals surface area (Å²) < 4.78 is 5.56. The van der Waals surface area contributed by atoms with E-state index in [-0.39, 0.29) is 12.1 Å². The zero-order valence-electron chi connectivity index (χ0n) is 10.5. The summed E-state index contributed by atoms with van der Waals surface area (Å²) in [6.45, 7) is 0. The second-order valence-corrected chi connectivity index (χ2v) is 5.18. The molecule has 1 saturated carbocycles. The Kier molecular flexibility index (Phi) is 3.18. The molecule has 2 aliphatic carbocycles. The number of carbonyl (C=O) groups is 1. The summed E-state index contributed by atoms with van der Waals surface area (Å²) in [5.41, 5.74) is 3.33. The molecule has 0 radical (unpaired) electrons. The van der Waals surface area contributed by atoms with Gasteiger partial charge < -0.3 is 4.74 Å². The van der Waals surface area contributed by atoms with Crippen LogP contribution < -0.4 is 0 Å². The first-order chi connectivity index (χ1) is 8.83. The van der Waals surface area contributed by atoms with Crippen molar-refractivity contribution >= 4 is 12.0 Å². The van der Waals surface area contributed by atoms with Crippen LogP contribution in [0.5, 0.6) is 0 Å². The third kappa shape index (κ3) is 2.33. The Balaban J connectivity index is 1.73. The second-order valence-electron chi connectivity index (χ2n) is 5.18. The van der Waals surface area contributed by atoms with E-state index in [1.54, 1.807) is 0 Å². The maximum Gasteiger partial charge on any atom is 0.334 e. The van der Waals surface area contributed by atoms with Gasteiger partial charge in [0, 0.05) is 5.57 Å². The zero-order valence-corrected chi connectivity index (χ0v) is 10.5. The molecule has 2 nitrogen and oxygen atoms in total. The number of hydrogen-bond acceptors (Lipinski definition) is 2. The number of esters is 1. The van der Waals surface area contributed by atoms with Crippen LogP contribution in [-0.4, -0.2) is 12.1 Å². The van der Waals surface area contributed by atoms with Gasteiger partial charge in [0.05, 0.1) is 0 Å². The molecule has 0 atom stereocenters. The molecule has 2 aliphatic rings. The lowest BCUT2D eigenvalue weighted by Crippen LogP contribution is -2.18. The van der Waals surface area contributed by atoms with Gasteiger partial charge in [0.2, 0.25) is 0 Å². The minimum Gasteiger partial charge on any atom is -0.459 e. The lowest BCUT2D eigenvalue weighted by molar-refractivity contribution is -0.144. The van der Waals surface area contributed by atoms with Gasteiger partial charge in [0.1, 0.15) is 6.10 Å². The van der Waals surface area contributed by atoms with E-state index in [0.717, 1.165) is 31.3 Å².